The van der Waals surface area contributed by atoms with Crippen molar-refractivity contribution >= 4 is 35.1 Å². The van der Waals surface area contributed by atoms with Crippen molar-refractivity contribution in [3.63, 3.8) is 0 Å². The number of aryl methyl sites for hydroxylation is 1. The standard InChI is InChI=1S/C21H21N3O5/c1-13-2-8-17(9-3-13)24-12-15(10-18(24)25)21(29)23-16-6-4-14(5-7-16)20(28)22-11-19(26)27/h2-9,15H,10-12H2,1H3,(H,22,28)(H,23,29)(H,26,27). The van der Waals surface area contributed by atoms with Crippen molar-refractivity contribution in [3.8, 4) is 0 Å². The van der Waals surface area contributed by atoms with Gasteiger partial charge >= 0.3 is 5.97 Å². The molecule has 29 heavy (non-hydrogen) atoms. The third-order valence-corrected chi connectivity index (χ3v) is 4.66. The molecule has 2 aromatic rings. The van der Waals surface area contributed by atoms with Gasteiger partial charge in [0.2, 0.25) is 11.8 Å². The summed E-state index contributed by atoms with van der Waals surface area (Å²) in [6.45, 7) is 1.81. The molecule has 8 heteroatoms. The summed E-state index contributed by atoms with van der Waals surface area (Å²) in [5, 5.41) is 13.6. The maximum atomic E-state index is 12.6. The van der Waals surface area contributed by atoms with Crippen LogP contribution >= 0.6 is 0 Å². The Hall–Kier alpha value is -3.68. The molecule has 2 aromatic carbocycles. The van der Waals surface area contributed by atoms with Crippen LogP contribution in [0.2, 0.25) is 0 Å². The number of rotatable bonds is 6. The second kappa shape index (κ2) is 8.55. The van der Waals surface area contributed by atoms with Crippen molar-refractivity contribution in [2.75, 3.05) is 23.3 Å². The summed E-state index contributed by atoms with van der Waals surface area (Å²) in [6.07, 6.45) is 0.134. The van der Waals surface area contributed by atoms with Gasteiger partial charge in [0.1, 0.15) is 6.54 Å². The quantitative estimate of drug-likeness (QED) is 0.690. The Bertz CT molecular complexity index is 938. The number of carbonyl (C=O) groups is 4. The van der Waals surface area contributed by atoms with Crippen LogP contribution in [0.3, 0.4) is 0 Å². The zero-order chi connectivity index (χ0) is 21.0. The summed E-state index contributed by atoms with van der Waals surface area (Å²) in [5.41, 5.74) is 2.64. The van der Waals surface area contributed by atoms with Crippen molar-refractivity contribution in [1.82, 2.24) is 5.32 Å². The molecule has 3 rings (SSSR count). The van der Waals surface area contributed by atoms with Gasteiger partial charge in [0, 0.05) is 29.9 Å². The van der Waals surface area contributed by atoms with E-state index in [0.29, 0.717) is 12.2 Å². The van der Waals surface area contributed by atoms with Crippen LogP contribution in [0.5, 0.6) is 0 Å². The molecular weight excluding hydrogens is 374 g/mol. The third kappa shape index (κ3) is 4.98. The number of carboxylic acid groups (broad SMARTS) is 1. The monoisotopic (exact) mass is 395 g/mol. The zero-order valence-electron chi connectivity index (χ0n) is 15.8. The molecule has 1 heterocycles. The summed E-state index contributed by atoms with van der Waals surface area (Å²) in [5.74, 6) is -2.48. The van der Waals surface area contributed by atoms with Crippen molar-refractivity contribution in [2.24, 2.45) is 5.92 Å². The SMILES string of the molecule is Cc1ccc(N2CC(C(=O)Nc3ccc(C(=O)NCC(=O)O)cc3)CC2=O)cc1. The van der Waals surface area contributed by atoms with E-state index in [4.69, 9.17) is 5.11 Å². The first kappa shape index (κ1) is 20.1. The van der Waals surface area contributed by atoms with E-state index in [1.54, 1.807) is 17.0 Å². The van der Waals surface area contributed by atoms with Crippen LogP contribution in [0, 0.1) is 12.8 Å². The Morgan fingerprint density at radius 1 is 1.07 bits per heavy atom. The molecule has 1 fully saturated rings. The van der Waals surface area contributed by atoms with Crippen LogP contribution < -0.4 is 15.5 Å². The fraction of sp³-hybridized carbons (Fsp3) is 0.238. The van der Waals surface area contributed by atoms with Crippen molar-refractivity contribution < 1.29 is 24.3 Å². The number of nitrogens with one attached hydrogen (secondary N) is 2. The predicted molar refractivity (Wildman–Crippen MR) is 107 cm³/mol. The zero-order valence-corrected chi connectivity index (χ0v) is 15.8. The number of anilines is 2. The minimum atomic E-state index is -1.13. The van der Waals surface area contributed by atoms with Crippen molar-refractivity contribution in [3.05, 3.63) is 59.7 Å². The van der Waals surface area contributed by atoms with Crippen LogP contribution in [0.4, 0.5) is 11.4 Å². The molecular formula is C21H21N3O5. The Morgan fingerprint density at radius 3 is 2.34 bits per heavy atom. The summed E-state index contributed by atoms with van der Waals surface area (Å²) in [4.78, 5) is 48.8. The van der Waals surface area contributed by atoms with Crippen LogP contribution in [-0.2, 0) is 14.4 Å². The Labute approximate surface area is 167 Å². The Kier molecular flexibility index (Phi) is 5.92. The number of carbonyl (C=O) groups excluding carboxylic acids is 3. The van der Waals surface area contributed by atoms with E-state index in [1.807, 2.05) is 31.2 Å². The van der Waals surface area contributed by atoms with Gasteiger partial charge in [-0.15, -0.1) is 0 Å². The molecule has 0 spiro atoms. The molecule has 8 nitrogen and oxygen atoms in total. The van der Waals surface area contributed by atoms with Crippen LogP contribution in [0.25, 0.3) is 0 Å². The highest BCUT2D eigenvalue weighted by atomic mass is 16.4. The highest BCUT2D eigenvalue weighted by Crippen LogP contribution is 2.26. The predicted octanol–water partition coefficient (Wildman–Crippen LogP) is 1.80. The van der Waals surface area contributed by atoms with Crippen LogP contribution in [-0.4, -0.2) is 41.9 Å². The van der Waals surface area contributed by atoms with E-state index in [-0.39, 0.29) is 23.8 Å². The molecule has 1 atom stereocenters. The molecule has 0 radical (unpaired) electrons. The van der Waals surface area contributed by atoms with Crippen LogP contribution in [0.15, 0.2) is 48.5 Å². The summed E-state index contributed by atoms with van der Waals surface area (Å²) >= 11 is 0. The van der Waals surface area contributed by atoms with Gasteiger partial charge < -0.3 is 20.6 Å². The third-order valence-electron chi connectivity index (χ3n) is 4.66. The van der Waals surface area contributed by atoms with Gasteiger partial charge in [0.25, 0.3) is 5.91 Å². The van der Waals surface area contributed by atoms with Gasteiger partial charge in [0.15, 0.2) is 0 Å². The van der Waals surface area contributed by atoms with E-state index >= 15 is 0 Å². The molecule has 0 saturated carbocycles. The van der Waals surface area contributed by atoms with E-state index in [1.165, 1.54) is 12.1 Å². The number of benzene rings is 2. The lowest BCUT2D eigenvalue weighted by molar-refractivity contribution is -0.135. The number of hydrogen-bond acceptors (Lipinski definition) is 4. The molecule has 150 valence electrons. The van der Waals surface area contributed by atoms with Gasteiger partial charge in [-0.1, -0.05) is 17.7 Å². The topological polar surface area (TPSA) is 116 Å². The summed E-state index contributed by atoms with van der Waals surface area (Å²) in [7, 11) is 0. The Morgan fingerprint density at radius 2 is 1.72 bits per heavy atom. The molecule has 1 aliphatic heterocycles. The molecule has 1 saturated heterocycles. The minimum Gasteiger partial charge on any atom is -0.480 e. The molecule has 3 N–H and O–H groups in total. The first-order chi connectivity index (χ1) is 13.8. The number of amides is 3. The number of carboxylic acids is 1. The van der Waals surface area contributed by atoms with E-state index < -0.39 is 24.3 Å². The minimum absolute atomic E-state index is 0.0977. The Balaban J connectivity index is 1.59. The maximum Gasteiger partial charge on any atom is 0.322 e. The van der Waals surface area contributed by atoms with Crippen molar-refractivity contribution in [2.45, 2.75) is 13.3 Å². The van der Waals surface area contributed by atoms with E-state index in [9.17, 15) is 19.2 Å². The fourth-order valence-electron chi connectivity index (χ4n) is 3.06. The molecule has 1 aliphatic rings. The largest absolute Gasteiger partial charge is 0.480 e. The number of hydrogen-bond donors (Lipinski definition) is 3. The van der Waals surface area contributed by atoms with Gasteiger partial charge in [-0.3, -0.25) is 19.2 Å². The van der Waals surface area contributed by atoms with Crippen molar-refractivity contribution in [1.29, 1.82) is 0 Å². The average Bonchev–Trinajstić information content (AvgIpc) is 3.09. The number of nitrogens with zero attached hydrogens (tertiary/aromatic N) is 1. The number of aliphatic carboxylic acids is 1. The second-order valence-electron chi connectivity index (χ2n) is 6.88. The maximum absolute atomic E-state index is 12.6. The summed E-state index contributed by atoms with van der Waals surface area (Å²) < 4.78 is 0. The molecule has 0 bridgehead atoms. The normalized spacial score (nSPS) is 15.8. The highest BCUT2D eigenvalue weighted by molar-refractivity contribution is 6.03. The molecule has 0 aliphatic carbocycles. The fourth-order valence-corrected chi connectivity index (χ4v) is 3.06. The van der Waals surface area contributed by atoms with Gasteiger partial charge in [0.05, 0.1) is 5.92 Å². The lowest BCUT2D eigenvalue weighted by atomic mass is 10.1. The molecule has 1 unspecified atom stereocenters. The summed E-state index contributed by atoms with van der Waals surface area (Å²) in [6, 6.07) is 13.7. The second-order valence-corrected chi connectivity index (χ2v) is 6.88. The van der Waals surface area contributed by atoms with Gasteiger partial charge in [-0.05, 0) is 43.3 Å². The smallest absolute Gasteiger partial charge is 0.322 e. The van der Waals surface area contributed by atoms with E-state index in [0.717, 1.165) is 11.3 Å². The first-order valence-electron chi connectivity index (χ1n) is 9.11. The lowest BCUT2D eigenvalue weighted by Gasteiger charge is -2.17. The lowest BCUT2D eigenvalue weighted by Crippen LogP contribution is -2.29. The highest BCUT2D eigenvalue weighted by Gasteiger charge is 2.35. The average molecular weight is 395 g/mol. The van der Waals surface area contributed by atoms with Crippen LogP contribution in [0.1, 0.15) is 22.3 Å². The molecule has 0 aromatic heterocycles. The van der Waals surface area contributed by atoms with Gasteiger partial charge in [-0.25, -0.2) is 0 Å². The molecule has 3 amide bonds. The first-order valence-corrected chi connectivity index (χ1v) is 9.11. The van der Waals surface area contributed by atoms with Gasteiger partial charge in [-0.2, -0.15) is 0 Å². The van der Waals surface area contributed by atoms with E-state index in [2.05, 4.69) is 10.6 Å².